The summed E-state index contributed by atoms with van der Waals surface area (Å²) >= 11 is 0. The number of unbranched alkanes of at least 4 members (excludes halogenated alkanes) is 2. The van der Waals surface area contributed by atoms with Gasteiger partial charge in [-0.05, 0) is 136 Å². The summed E-state index contributed by atoms with van der Waals surface area (Å²) in [5, 5.41) is 52.1. The molecule has 0 saturated carbocycles. The number of amides is 10. The lowest BCUT2D eigenvalue weighted by Gasteiger charge is -2.29. The summed E-state index contributed by atoms with van der Waals surface area (Å²) in [6, 6.07) is -15.2. The molecule has 1 heterocycles. The fraction of sp³-hybridized carbons (Fsp3) is 0.727. The van der Waals surface area contributed by atoms with Gasteiger partial charge in [-0.2, -0.15) is 0 Å². The maximum Gasteiger partial charge on any atom is 0.326 e. The lowest BCUT2D eigenvalue weighted by molar-refractivity contribution is -0.143. The first-order chi connectivity index (χ1) is 43.3. The second-order valence-corrected chi connectivity index (χ2v) is 22.7. The van der Waals surface area contributed by atoms with Crippen LogP contribution in [0.5, 0.6) is 0 Å². The maximum absolute atomic E-state index is 14.3. The largest absolute Gasteiger partial charge is 0.481 e. The first kappa shape index (κ1) is 81.3. The van der Waals surface area contributed by atoms with Crippen LogP contribution in [0, 0.1) is 5.92 Å². The van der Waals surface area contributed by atoms with E-state index in [0.29, 0.717) is 25.7 Å². The summed E-state index contributed by atoms with van der Waals surface area (Å²) in [4.78, 5) is 175. The van der Waals surface area contributed by atoms with E-state index in [1.165, 1.54) is 25.7 Å². The molecular weight excluding hydrogens is 1210 g/mol. The van der Waals surface area contributed by atoms with Crippen LogP contribution in [-0.2, 0) is 57.5 Å². The number of carboxylic acids is 2. The molecule has 30 N–H and O–H groups in total. The van der Waals surface area contributed by atoms with Crippen molar-refractivity contribution in [1.82, 2.24) is 52.8 Å². The van der Waals surface area contributed by atoms with Crippen molar-refractivity contribution in [3.05, 3.63) is 0 Å². The molecule has 1 aliphatic rings. The molecule has 0 aromatic rings. The third kappa shape index (κ3) is 31.3. The summed E-state index contributed by atoms with van der Waals surface area (Å²) in [6.45, 7) is 7.55. The molecule has 0 radical (unpaired) electrons. The number of aliphatic imine (C=N–C) groups is 3. The molecule has 1 rings (SSSR count). The second-order valence-electron chi connectivity index (χ2n) is 22.7. The van der Waals surface area contributed by atoms with E-state index in [0.717, 1.165) is 0 Å². The Balaban J connectivity index is 3.48. The highest BCUT2D eigenvalue weighted by Gasteiger charge is 2.40. The lowest BCUT2D eigenvalue weighted by atomic mass is 10.0. The number of likely N-dealkylation sites (tertiary alicyclic amines) is 1. The van der Waals surface area contributed by atoms with Gasteiger partial charge in [0.2, 0.25) is 59.1 Å². The van der Waals surface area contributed by atoms with Crippen molar-refractivity contribution in [3.8, 4) is 0 Å². The van der Waals surface area contributed by atoms with Gasteiger partial charge in [0.1, 0.15) is 66.5 Å². The smallest absolute Gasteiger partial charge is 0.326 e. The Hall–Kier alpha value is -8.71. The molecule has 1 fully saturated rings. The van der Waals surface area contributed by atoms with Crippen molar-refractivity contribution in [2.75, 3.05) is 39.3 Å². The molecule has 12 atom stereocenters. The molecule has 37 nitrogen and oxygen atoms in total. The average Bonchev–Trinajstić information content (AvgIpc) is 1.96. The van der Waals surface area contributed by atoms with Crippen LogP contribution in [0.2, 0.25) is 0 Å². The predicted octanol–water partition coefficient (Wildman–Crippen LogP) is -7.89. The Labute approximate surface area is 534 Å². The molecule has 0 aromatic heterocycles. The van der Waals surface area contributed by atoms with Crippen molar-refractivity contribution in [1.29, 1.82) is 0 Å². The first-order valence-electron chi connectivity index (χ1n) is 30.7. The van der Waals surface area contributed by atoms with E-state index < -0.39 is 162 Å². The zero-order chi connectivity index (χ0) is 69.8. The van der Waals surface area contributed by atoms with Crippen LogP contribution in [0.4, 0.5) is 0 Å². The fourth-order valence-electron chi connectivity index (χ4n) is 9.28. The highest BCUT2D eigenvalue weighted by molar-refractivity contribution is 5.99. The average molecular weight is 1310 g/mol. The Morgan fingerprint density at radius 2 is 0.804 bits per heavy atom. The molecule has 1 saturated heterocycles. The zero-order valence-corrected chi connectivity index (χ0v) is 53.3. The third-order valence-electron chi connectivity index (χ3n) is 14.6. The van der Waals surface area contributed by atoms with Crippen LogP contribution in [0.3, 0.4) is 0 Å². The van der Waals surface area contributed by atoms with Crippen molar-refractivity contribution < 1.29 is 72.9 Å². The van der Waals surface area contributed by atoms with Gasteiger partial charge < -0.3 is 120 Å². The van der Waals surface area contributed by atoms with Crippen LogP contribution in [-0.4, -0.2) is 221 Å². The summed E-state index contributed by atoms with van der Waals surface area (Å²) in [5.41, 5.74) is 50.3. The van der Waals surface area contributed by atoms with Gasteiger partial charge in [-0.15, -0.1) is 0 Å². The lowest BCUT2D eigenvalue weighted by Crippen LogP contribution is -2.60. The van der Waals surface area contributed by atoms with E-state index in [1.807, 2.05) is 0 Å². The number of rotatable bonds is 45. The van der Waals surface area contributed by atoms with Crippen molar-refractivity contribution in [2.45, 2.75) is 210 Å². The van der Waals surface area contributed by atoms with E-state index in [9.17, 15) is 72.9 Å². The number of aliphatic carboxylic acids is 2. The van der Waals surface area contributed by atoms with E-state index in [4.69, 9.17) is 51.6 Å². The molecule has 522 valence electrons. The molecule has 37 heteroatoms. The van der Waals surface area contributed by atoms with E-state index in [1.54, 1.807) is 13.8 Å². The number of nitrogens with two attached hydrogens (primary N) is 9. The van der Waals surface area contributed by atoms with E-state index in [-0.39, 0.29) is 121 Å². The number of hydrogen-bond acceptors (Lipinski definition) is 19. The number of carboxylic acid groups (broad SMARTS) is 2. The van der Waals surface area contributed by atoms with Gasteiger partial charge in [0.15, 0.2) is 17.9 Å². The van der Waals surface area contributed by atoms with Gasteiger partial charge in [0.25, 0.3) is 0 Å². The van der Waals surface area contributed by atoms with Gasteiger partial charge in [-0.25, -0.2) is 4.79 Å². The number of nitrogens with one attached hydrogen (secondary N) is 9. The van der Waals surface area contributed by atoms with Crippen LogP contribution in [0.1, 0.15) is 137 Å². The molecule has 0 aromatic carbocycles. The molecule has 1 aliphatic heterocycles. The molecular formula is C55H102N22O15. The minimum absolute atomic E-state index is 0.00208. The van der Waals surface area contributed by atoms with Gasteiger partial charge in [-0.1, -0.05) is 13.8 Å². The van der Waals surface area contributed by atoms with Crippen molar-refractivity contribution in [3.63, 3.8) is 0 Å². The second kappa shape index (κ2) is 43.1. The van der Waals surface area contributed by atoms with Crippen LogP contribution in [0.15, 0.2) is 15.0 Å². The van der Waals surface area contributed by atoms with Crippen LogP contribution >= 0.6 is 0 Å². The number of hydrogen-bond donors (Lipinski definition) is 21. The molecule has 0 spiro atoms. The number of guanidine groups is 3. The number of nitrogens with zero attached hydrogens (tertiary/aromatic N) is 4. The van der Waals surface area contributed by atoms with Crippen molar-refractivity contribution >= 4 is 88.9 Å². The van der Waals surface area contributed by atoms with Crippen LogP contribution in [0.25, 0.3) is 0 Å². The number of aliphatic hydroxyl groups is 1. The van der Waals surface area contributed by atoms with Gasteiger partial charge in [0.05, 0.1) is 6.10 Å². The highest BCUT2D eigenvalue weighted by atomic mass is 16.4. The normalized spacial score (nSPS) is 16.3. The maximum atomic E-state index is 14.3. The number of aliphatic hydroxyl groups excluding tert-OH is 1. The Morgan fingerprint density at radius 3 is 1.16 bits per heavy atom. The molecule has 0 aliphatic carbocycles. The zero-order valence-electron chi connectivity index (χ0n) is 53.3. The van der Waals surface area contributed by atoms with Crippen LogP contribution < -0.4 is 99.5 Å². The third-order valence-corrected chi connectivity index (χ3v) is 14.6. The molecule has 0 bridgehead atoms. The van der Waals surface area contributed by atoms with Gasteiger partial charge in [0, 0.05) is 32.6 Å². The number of carbonyl (C=O) groups excluding carboxylic acids is 10. The Kier molecular flexibility index (Phi) is 38.1. The SMILES string of the molecule is CC(C)[C@H](NC(=O)[C@H](CCCN=C(N)N)NC(=O)[C@H](CCCCN)NC(=O)[C@H](CCCCN)NC(=O)[C@H](CCCN=C(N)N)NC(=O)[C@H](C)NC(=O)[C@H](C)NC(=O)[C@H](CCC(=O)O)NC(=O)[C@H](CCCN=C(N)N)NC(=O)[C@@H]1CCCN1C(=O)[C@@H](N)[C@@H](C)O)C(=O)O. The Bertz CT molecular complexity index is 2540. The monoisotopic (exact) mass is 1310 g/mol. The first-order valence-corrected chi connectivity index (χ1v) is 30.7. The molecule has 10 amide bonds. The number of carbonyl (C=O) groups is 12. The van der Waals surface area contributed by atoms with Gasteiger partial charge >= 0.3 is 11.9 Å². The Morgan fingerprint density at radius 1 is 0.467 bits per heavy atom. The van der Waals surface area contributed by atoms with E-state index in [2.05, 4.69) is 62.8 Å². The summed E-state index contributed by atoms with van der Waals surface area (Å²) < 4.78 is 0. The predicted molar refractivity (Wildman–Crippen MR) is 338 cm³/mol. The summed E-state index contributed by atoms with van der Waals surface area (Å²) in [5.74, 6) is -12.7. The minimum atomic E-state index is -1.63. The quantitative estimate of drug-likeness (QED) is 0.0153. The molecule has 92 heavy (non-hydrogen) atoms. The fourth-order valence-corrected chi connectivity index (χ4v) is 9.28. The van der Waals surface area contributed by atoms with Crippen molar-refractivity contribution in [2.24, 2.45) is 72.5 Å². The topological polar surface area (TPSA) is 648 Å². The van der Waals surface area contributed by atoms with E-state index >= 15 is 0 Å². The van der Waals surface area contributed by atoms with Gasteiger partial charge in [-0.3, -0.25) is 67.7 Å². The minimum Gasteiger partial charge on any atom is -0.481 e. The molecule has 0 unspecified atom stereocenters. The standard InChI is InChI=1S/C55H102N22O15/c1-28(2)41(52(91)92)76-49(88)36(18-12-26-67-55(63)64)73-46(85)33(15-7-9-23-57)71-45(84)32(14-6-8-22-56)72-47(86)34(16-10-24-65-53(59)60)70-43(82)30(4)68-42(81)29(3)69-44(83)37(20-21-39(79)80)74-48(87)35(17-11-25-66-54(61)62)75-50(89)38-19-13-27-77(38)51(90)40(58)31(5)78/h28-38,40-41,78H,6-27,56-58H2,1-5H3,(H,68,81)(H,69,83)(H,70,82)(H,71,84)(H,72,86)(H,73,85)(H,74,87)(H,75,89)(H,76,88)(H,79,80)(H,91,92)(H4,59,60,65)(H4,61,62,66)(H4,63,64,67)/t29-,30-,31+,32-,33-,34-,35-,36-,37-,38-,40-,41-/m0/s1. The highest BCUT2D eigenvalue weighted by Crippen LogP contribution is 2.20. The summed E-state index contributed by atoms with van der Waals surface area (Å²) in [6.07, 6.45) is -0.388. The summed E-state index contributed by atoms with van der Waals surface area (Å²) in [7, 11) is 0.